The molecule has 0 radical (unpaired) electrons. The number of nitrogens with zero attached hydrogens (tertiary/aromatic N) is 3. The number of hydrogen-bond donors (Lipinski definition) is 1. The van der Waals surface area contributed by atoms with Crippen molar-refractivity contribution in [2.45, 2.75) is 58.2 Å². The summed E-state index contributed by atoms with van der Waals surface area (Å²) in [6.07, 6.45) is 7.03. The number of hydrogen-bond acceptors (Lipinski definition) is 4. The number of aryl methyl sites for hydroxylation is 1. The van der Waals surface area contributed by atoms with Crippen LogP contribution in [-0.2, 0) is 26.1 Å². The zero-order chi connectivity index (χ0) is 24.6. The summed E-state index contributed by atoms with van der Waals surface area (Å²) in [5, 5.41) is 4.27. The summed E-state index contributed by atoms with van der Waals surface area (Å²) in [6, 6.07) is 28.6. The molecule has 1 fully saturated rings. The molecule has 2 heterocycles. The van der Waals surface area contributed by atoms with Crippen molar-refractivity contribution in [2.75, 3.05) is 19.6 Å². The molecule has 5 rings (SSSR count). The second-order valence-electron chi connectivity index (χ2n) is 10.6. The van der Waals surface area contributed by atoms with E-state index in [2.05, 4.69) is 93.8 Å². The largest absolute Gasteiger partial charge is 0.323 e. The van der Waals surface area contributed by atoms with E-state index in [-0.39, 0.29) is 0 Å². The molecular weight excluding hydrogens is 440 g/mol. The lowest BCUT2D eigenvalue weighted by Crippen LogP contribution is -2.33. The molecule has 2 aliphatic rings. The molecular formula is C32H40N4. The Morgan fingerprint density at radius 3 is 2.11 bits per heavy atom. The molecule has 0 saturated carbocycles. The zero-order valence-electron chi connectivity index (χ0n) is 21.5. The molecule has 0 amide bonds. The van der Waals surface area contributed by atoms with Crippen molar-refractivity contribution in [3.8, 4) is 0 Å². The van der Waals surface area contributed by atoms with Crippen LogP contribution < -0.4 is 5.84 Å². The molecule has 0 atom stereocenters. The Bertz CT molecular complexity index is 1120. The molecule has 2 N–H and O–H groups in total. The number of hydrazone groups is 1. The highest BCUT2D eigenvalue weighted by molar-refractivity contribution is 6.00. The lowest BCUT2D eigenvalue weighted by molar-refractivity contribution is 0.173. The van der Waals surface area contributed by atoms with E-state index >= 15 is 0 Å². The molecule has 1 saturated heterocycles. The minimum absolute atomic E-state index is 0.760. The van der Waals surface area contributed by atoms with Gasteiger partial charge >= 0.3 is 0 Å². The van der Waals surface area contributed by atoms with Crippen molar-refractivity contribution in [1.82, 2.24) is 9.80 Å². The normalized spacial score (nSPS) is 18.1. The van der Waals surface area contributed by atoms with Gasteiger partial charge in [-0.2, -0.15) is 5.10 Å². The van der Waals surface area contributed by atoms with E-state index in [0.717, 1.165) is 50.7 Å². The Kier molecular flexibility index (Phi) is 8.47. The number of rotatable bonds is 8. The number of benzene rings is 3. The first-order chi connectivity index (χ1) is 17.8. The number of piperidine rings is 1. The van der Waals surface area contributed by atoms with Crippen molar-refractivity contribution in [1.29, 1.82) is 0 Å². The fraction of sp³-hybridized carbons (Fsp3) is 0.406. The third-order valence-electron chi connectivity index (χ3n) is 8.00. The molecule has 4 heteroatoms. The third-order valence-corrected chi connectivity index (χ3v) is 8.00. The van der Waals surface area contributed by atoms with E-state index in [1.165, 1.54) is 66.6 Å². The Hall–Kier alpha value is -2.95. The highest BCUT2D eigenvalue weighted by Gasteiger charge is 2.21. The quantitative estimate of drug-likeness (QED) is 0.245. The molecule has 0 unspecified atom stereocenters. The summed E-state index contributed by atoms with van der Waals surface area (Å²) in [5.74, 6) is 6.69. The molecule has 0 aromatic heterocycles. The summed E-state index contributed by atoms with van der Waals surface area (Å²) < 4.78 is 0. The van der Waals surface area contributed by atoms with Crippen molar-refractivity contribution >= 4 is 5.71 Å². The Morgan fingerprint density at radius 1 is 0.778 bits per heavy atom. The number of likely N-dealkylation sites (tertiary alicyclic amines) is 1. The Balaban J connectivity index is 1.16. The maximum absolute atomic E-state index is 5.93. The summed E-state index contributed by atoms with van der Waals surface area (Å²) in [5.41, 5.74) is 7.99. The molecule has 36 heavy (non-hydrogen) atoms. The Labute approximate surface area is 216 Å². The van der Waals surface area contributed by atoms with Gasteiger partial charge in [0.15, 0.2) is 0 Å². The van der Waals surface area contributed by atoms with Crippen LogP contribution in [0.3, 0.4) is 0 Å². The van der Waals surface area contributed by atoms with Crippen LogP contribution in [0.5, 0.6) is 0 Å². The first-order valence-corrected chi connectivity index (χ1v) is 13.7. The average Bonchev–Trinajstić information content (AvgIpc) is 3.12. The minimum Gasteiger partial charge on any atom is -0.323 e. The van der Waals surface area contributed by atoms with Crippen molar-refractivity contribution < 1.29 is 0 Å². The predicted octanol–water partition coefficient (Wildman–Crippen LogP) is 5.99. The molecule has 3 aromatic rings. The van der Waals surface area contributed by atoms with Crippen molar-refractivity contribution in [3.63, 3.8) is 0 Å². The van der Waals surface area contributed by atoms with E-state index in [1.54, 1.807) is 0 Å². The highest BCUT2D eigenvalue weighted by Crippen LogP contribution is 2.26. The van der Waals surface area contributed by atoms with Gasteiger partial charge in [-0.05, 0) is 98.0 Å². The smallest absolute Gasteiger partial charge is 0.0672 e. The van der Waals surface area contributed by atoms with E-state index in [0.29, 0.717) is 0 Å². The van der Waals surface area contributed by atoms with Gasteiger partial charge in [0, 0.05) is 19.6 Å². The number of nitrogens with two attached hydrogens (primary N) is 1. The van der Waals surface area contributed by atoms with Crippen LogP contribution in [0.25, 0.3) is 0 Å². The summed E-state index contributed by atoms with van der Waals surface area (Å²) in [4.78, 5) is 5.17. The fourth-order valence-corrected chi connectivity index (χ4v) is 5.89. The minimum atomic E-state index is 0.760. The van der Waals surface area contributed by atoms with Gasteiger partial charge < -0.3 is 5.84 Å². The van der Waals surface area contributed by atoms with Crippen LogP contribution in [0.15, 0.2) is 84.0 Å². The predicted molar refractivity (Wildman–Crippen MR) is 150 cm³/mol. The van der Waals surface area contributed by atoms with Gasteiger partial charge in [-0.1, -0.05) is 72.8 Å². The van der Waals surface area contributed by atoms with Crippen molar-refractivity contribution in [3.05, 3.63) is 107 Å². The average molecular weight is 481 g/mol. The van der Waals surface area contributed by atoms with Crippen molar-refractivity contribution in [2.24, 2.45) is 16.9 Å². The Morgan fingerprint density at radius 2 is 1.44 bits per heavy atom. The zero-order valence-corrected chi connectivity index (χ0v) is 21.5. The van der Waals surface area contributed by atoms with Gasteiger partial charge in [-0.25, -0.2) is 0 Å². The lowest BCUT2D eigenvalue weighted by atomic mass is 9.89. The topological polar surface area (TPSA) is 44.9 Å². The monoisotopic (exact) mass is 480 g/mol. The van der Waals surface area contributed by atoms with E-state index in [4.69, 9.17) is 5.84 Å². The molecule has 0 spiro atoms. The maximum Gasteiger partial charge on any atom is 0.0672 e. The number of fused-ring (bicyclic) bond motifs is 1. The molecule has 2 aliphatic heterocycles. The molecule has 3 aromatic carbocycles. The summed E-state index contributed by atoms with van der Waals surface area (Å²) in [7, 11) is 0. The second-order valence-corrected chi connectivity index (χ2v) is 10.6. The van der Waals surface area contributed by atoms with Gasteiger partial charge in [-0.15, -0.1) is 0 Å². The van der Waals surface area contributed by atoms with Gasteiger partial charge in [-0.3, -0.25) is 9.80 Å². The van der Waals surface area contributed by atoms with E-state index < -0.39 is 0 Å². The fourth-order valence-electron chi connectivity index (χ4n) is 5.89. The highest BCUT2D eigenvalue weighted by atomic mass is 15.1. The van der Waals surface area contributed by atoms with Gasteiger partial charge in [0.05, 0.1) is 5.71 Å². The first-order valence-electron chi connectivity index (χ1n) is 13.7. The summed E-state index contributed by atoms with van der Waals surface area (Å²) in [6.45, 7) is 6.58. The molecule has 188 valence electrons. The van der Waals surface area contributed by atoms with Crippen LogP contribution >= 0.6 is 0 Å². The molecule has 4 nitrogen and oxygen atoms in total. The van der Waals surface area contributed by atoms with E-state index in [9.17, 15) is 0 Å². The van der Waals surface area contributed by atoms with E-state index in [1.807, 2.05) is 0 Å². The third kappa shape index (κ3) is 6.63. The lowest BCUT2D eigenvalue weighted by Gasteiger charge is -2.32. The van der Waals surface area contributed by atoms with Crippen LogP contribution in [0.1, 0.15) is 59.9 Å². The van der Waals surface area contributed by atoms with Gasteiger partial charge in [0.25, 0.3) is 0 Å². The molecule has 0 bridgehead atoms. The maximum atomic E-state index is 5.93. The van der Waals surface area contributed by atoms with Crippen LogP contribution in [0.4, 0.5) is 0 Å². The first kappa shape index (κ1) is 24.7. The molecule has 0 aliphatic carbocycles. The standard InChI is InChI=1S/C32H40N4/c33-34-32(16-13-26-17-20-35(21-18-26)23-27-8-3-1-4-9-27)30-15-14-29-12-7-19-36(25-31(29)22-30)24-28-10-5-2-6-11-28/h1-6,8-11,14-15,22,26H,7,12-13,16-21,23-25,33H2/b34-32+. The summed E-state index contributed by atoms with van der Waals surface area (Å²) >= 11 is 0. The van der Waals surface area contributed by atoms with Gasteiger partial charge in [0.1, 0.15) is 0 Å². The van der Waals surface area contributed by atoms with Crippen LogP contribution in [-0.4, -0.2) is 35.1 Å². The van der Waals surface area contributed by atoms with Crippen LogP contribution in [0.2, 0.25) is 0 Å². The SMILES string of the molecule is N/N=C(\CCC1CCN(Cc2ccccc2)CC1)c1ccc2c(c1)CN(Cc1ccccc1)CCC2. The second kappa shape index (κ2) is 12.3. The van der Waals surface area contributed by atoms with Gasteiger partial charge in [0.2, 0.25) is 0 Å². The van der Waals surface area contributed by atoms with Crippen LogP contribution in [0, 0.1) is 5.92 Å².